The Hall–Kier alpha value is -4.26. The van der Waals surface area contributed by atoms with Gasteiger partial charge in [-0.05, 0) is 35.4 Å². The molecule has 0 aliphatic carbocycles. The van der Waals surface area contributed by atoms with E-state index in [1.54, 1.807) is 34.7 Å². The summed E-state index contributed by atoms with van der Waals surface area (Å²) >= 11 is 0. The number of hydrogen-bond donors (Lipinski definition) is 1. The molecular weight excluding hydrogens is 454 g/mol. The van der Waals surface area contributed by atoms with Crippen LogP contribution in [0.4, 0.5) is 8.78 Å². The standard InChI is InChI=1S/C25H22F2N6O2/c1-25(2)12-29-23(34)21-17(25)6-14(8-19(21)35-24(26)27)22-20-15(9-28)5-13(7-18(20)31-33(22)4)16-10-30-32(3)11-16/h5-8,10-11,24H,12H2,1-4H3,(H,29,34). The molecule has 0 radical (unpaired) electrons. The van der Waals surface area contributed by atoms with Gasteiger partial charge in [0, 0.05) is 48.8 Å². The average Bonchev–Trinajstić information content (AvgIpc) is 3.37. The van der Waals surface area contributed by atoms with E-state index in [2.05, 4.69) is 21.6 Å². The monoisotopic (exact) mass is 476 g/mol. The van der Waals surface area contributed by atoms with E-state index in [9.17, 15) is 18.8 Å². The summed E-state index contributed by atoms with van der Waals surface area (Å²) in [6.45, 7) is 1.08. The largest absolute Gasteiger partial charge is 0.434 e. The number of nitriles is 1. The maximum Gasteiger partial charge on any atom is 0.387 e. The predicted octanol–water partition coefficient (Wildman–Crippen LogP) is 4.13. The summed E-state index contributed by atoms with van der Waals surface area (Å²) in [4.78, 5) is 12.6. The minimum atomic E-state index is -3.10. The van der Waals surface area contributed by atoms with Crippen molar-refractivity contribution in [1.29, 1.82) is 5.26 Å². The molecule has 10 heteroatoms. The molecule has 1 N–H and O–H groups in total. The summed E-state index contributed by atoms with van der Waals surface area (Å²) in [5, 5.41) is 22.1. The first-order chi connectivity index (χ1) is 16.6. The molecule has 0 atom stereocenters. The van der Waals surface area contributed by atoms with Gasteiger partial charge in [-0.15, -0.1) is 0 Å². The SMILES string of the molecule is Cn1cc(-c2cc(C#N)c3c(-c4cc(OC(F)F)c5c(c4)C(C)(C)CNC5=O)n(C)nc3c2)cn1. The fourth-order valence-electron chi connectivity index (χ4n) is 4.68. The summed E-state index contributed by atoms with van der Waals surface area (Å²) in [6.07, 6.45) is 3.55. The molecule has 3 heterocycles. The normalized spacial score (nSPS) is 14.6. The quantitative estimate of drug-likeness (QED) is 0.478. The minimum Gasteiger partial charge on any atom is -0.434 e. The maximum absolute atomic E-state index is 13.3. The van der Waals surface area contributed by atoms with Crippen LogP contribution in [0.5, 0.6) is 5.75 Å². The molecule has 2 aromatic carbocycles. The molecule has 4 aromatic rings. The third-order valence-electron chi connectivity index (χ3n) is 6.33. The molecule has 0 saturated heterocycles. The fourth-order valence-corrected chi connectivity index (χ4v) is 4.68. The number of aryl methyl sites for hydroxylation is 2. The number of hydrogen-bond acceptors (Lipinski definition) is 5. The van der Waals surface area contributed by atoms with Crippen LogP contribution in [-0.4, -0.2) is 38.6 Å². The van der Waals surface area contributed by atoms with Crippen molar-refractivity contribution < 1.29 is 18.3 Å². The Balaban J connectivity index is 1.79. The molecule has 0 fully saturated rings. The Morgan fingerprint density at radius 1 is 1.17 bits per heavy atom. The molecule has 0 bridgehead atoms. The third kappa shape index (κ3) is 3.69. The number of nitrogens with one attached hydrogen (secondary N) is 1. The Bertz CT molecular complexity index is 1540. The van der Waals surface area contributed by atoms with Crippen molar-refractivity contribution in [2.45, 2.75) is 25.9 Å². The van der Waals surface area contributed by atoms with Crippen LogP contribution in [0.15, 0.2) is 36.7 Å². The lowest BCUT2D eigenvalue weighted by molar-refractivity contribution is -0.0502. The first kappa shape index (κ1) is 22.5. The highest BCUT2D eigenvalue weighted by Crippen LogP contribution is 2.42. The summed E-state index contributed by atoms with van der Waals surface area (Å²) in [6, 6.07) is 9.09. The zero-order chi connectivity index (χ0) is 25.1. The van der Waals surface area contributed by atoms with Crippen LogP contribution < -0.4 is 10.1 Å². The first-order valence-electron chi connectivity index (χ1n) is 10.9. The number of nitrogens with zero attached hydrogens (tertiary/aromatic N) is 5. The molecule has 0 spiro atoms. The molecule has 0 saturated carbocycles. The van der Waals surface area contributed by atoms with E-state index in [-0.39, 0.29) is 11.3 Å². The second-order valence-corrected chi connectivity index (χ2v) is 9.25. The van der Waals surface area contributed by atoms with E-state index >= 15 is 0 Å². The first-order valence-corrected chi connectivity index (χ1v) is 10.9. The highest BCUT2D eigenvalue weighted by atomic mass is 19.3. The van der Waals surface area contributed by atoms with Gasteiger partial charge in [0.2, 0.25) is 0 Å². The summed E-state index contributed by atoms with van der Waals surface area (Å²) in [5.41, 5.74) is 3.84. The number of aromatic nitrogens is 4. The van der Waals surface area contributed by atoms with Crippen LogP contribution in [-0.2, 0) is 19.5 Å². The molecule has 8 nitrogen and oxygen atoms in total. The number of carbonyl (C=O) groups excluding carboxylic acids is 1. The van der Waals surface area contributed by atoms with Crippen molar-refractivity contribution in [2.75, 3.05) is 6.54 Å². The lowest BCUT2D eigenvalue weighted by Gasteiger charge is -2.34. The Labute approximate surface area is 199 Å². The molecule has 2 aromatic heterocycles. The van der Waals surface area contributed by atoms with Crippen LogP contribution in [0.2, 0.25) is 0 Å². The van der Waals surface area contributed by atoms with Crippen molar-refractivity contribution in [3.8, 4) is 34.2 Å². The highest BCUT2D eigenvalue weighted by molar-refractivity contribution is 6.03. The van der Waals surface area contributed by atoms with Crippen LogP contribution in [0, 0.1) is 11.3 Å². The Morgan fingerprint density at radius 2 is 1.94 bits per heavy atom. The van der Waals surface area contributed by atoms with Crippen LogP contribution >= 0.6 is 0 Å². The van der Waals surface area contributed by atoms with E-state index in [1.165, 1.54) is 6.07 Å². The molecule has 0 unspecified atom stereocenters. The number of alkyl halides is 2. The highest BCUT2D eigenvalue weighted by Gasteiger charge is 2.36. The van der Waals surface area contributed by atoms with Gasteiger partial charge >= 0.3 is 6.61 Å². The van der Waals surface area contributed by atoms with Crippen molar-refractivity contribution in [3.05, 3.63) is 53.3 Å². The van der Waals surface area contributed by atoms with Gasteiger partial charge in [-0.25, -0.2) is 0 Å². The maximum atomic E-state index is 13.3. The van der Waals surface area contributed by atoms with Gasteiger partial charge in [-0.2, -0.15) is 24.2 Å². The molecular formula is C25H22F2N6O2. The zero-order valence-electron chi connectivity index (χ0n) is 19.6. The lowest BCUT2D eigenvalue weighted by atomic mass is 9.77. The van der Waals surface area contributed by atoms with Crippen molar-refractivity contribution in [1.82, 2.24) is 24.9 Å². The third-order valence-corrected chi connectivity index (χ3v) is 6.33. The van der Waals surface area contributed by atoms with Gasteiger partial charge in [-0.3, -0.25) is 14.2 Å². The van der Waals surface area contributed by atoms with Gasteiger partial charge in [-0.1, -0.05) is 13.8 Å². The van der Waals surface area contributed by atoms with Crippen LogP contribution in [0.1, 0.15) is 35.3 Å². The number of fused-ring (bicyclic) bond motifs is 2. The van der Waals surface area contributed by atoms with Gasteiger partial charge in [0.05, 0.1) is 34.6 Å². The van der Waals surface area contributed by atoms with Gasteiger partial charge in [0.1, 0.15) is 5.75 Å². The van der Waals surface area contributed by atoms with Crippen LogP contribution in [0.3, 0.4) is 0 Å². The van der Waals surface area contributed by atoms with Crippen molar-refractivity contribution >= 4 is 16.8 Å². The number of halogens is 2. The van der Waals surface area contributed by atoms with Gasteiger partial charge in [0.15, 0.2) is 0 Å². The second-order valence-electron chi connectivity index (χ2n) is 9.25. The van der Waals surface area contributed by atoms with Crippen LogP contribution in [0.25, 0.3) is 33.3 Å². The number of amides is 1. The molecule has 1 aliphatic rings. The topological polar surface area (TPSA) is 97.8 Å². The van der Waals surface area contributed by atoms with E-state index in [1.807, 2.05) is 33.2 Å². The van der Waals surface area contributed by atoms with E-state index in [4.69, 9.17) is 4.74 Å². The molecule has 178 valence electrons. The number of ether oxygens (including phenoxy) is 1. The van der Waals surface area contributed by atoms with Crippen molar-refractivity contribution in [3.63, 3.8) is 0 Å². The van der Waals surface area contributed by atoms with E-state index in [0.717, 1.165) is 11.1 Å². The molecule has 1 aliphatic heterocycles. The number of rotatable bonds is 4. The molecule has 5 rings (SSSR count). The number of benzene rings is 2. The smallest absolute Gasteiger partial charge is 0.387 e. The lowest BCUT2D eigenvalue weighted by Crippen LogP contribution is -2.43. The predicted molar refractivity (Wildman–Crippen MR) is 125 cm³/mol. The summed E-state index contributed by atoms with van der Waals surface area (Å²) in [7, 11) is 3.54. The number of carbonyl (C=O) groups is 1. The molecule has 35 heavy (non-hydrogen) atoms. The van der Waals surface area contributed by atoms with Gasteiger partial charge in [0.25, 0.3) is 5.91 Å². The second kappa shape index (κ2) is 7.91. The van der Waals surface area contributed by atoms with Crippen molar-refractivity contribution in [2.24, 2.45) is 14.1 Å². The average molecular weight is 476 g/mol. The minimum absolute atomic E-state index is 0.0937. The van der Waals surface area contributed by atoms with E-state index < -0.39 is 17.9 Å². The summed E-state index contributed by atoms with van der Waals surface area (Å²) < 4.78 is 34.7. The van der Waals surface area contributed by atoms with Gasteiger partial charge < -0.3 is 10.1 Å². The van der Waals surface area contributed by atoms with E-state index in [0.29, 0.717) is 39.8 Å². The molecule has 1 amide bonds. The Morgan fingerprint density at radius 3 is 2.60 bits per heavy atom. The zero-order valence-corrected chi connectivity index (χ0v) is 19.6. The Kier molecular flexibility index (Phi) is 5.09. The fraction of sp³-hybridized carbons (Fsp3) is 0.280. The summed E-state index contributed by atoms with van der Waals surface area (Å²) in [5.74, 6) is -0.673.